The molecule has 2 N–H and O–H groups in total. The van der Waals surface area contributed by atoms with Crippen molar-refractivity contribution < 1.29 is 24.2 Å². The molecule has 0 aromatic heterocycles. The highest BCUT2D eigenvalue weighted by Crippen LogP contribution is 2.33. The molecule has 1 aromatic rings. The van der Waals surface area contributed by atoms with Crippen molar-refractivity contribution in [3.63, 3.8) is 0 Å². The molecule has 1 aliphatic rings. The second-order valence-electron chi connectivity index (χ2n) is 6.59. The normalized spacial score (nSPS) is 17.3. The van der Waals surface area contributed by atoms with Crippen LogP contribution < -0.4 is 15.0 Å². The molecular formula is C19H26N2O5. The van der Waals surface area contributed by atoms with Gasteiger partial charge in [-0.2, -0.15) is 0 Å². The number of carbonyl (C=O) groups excluding carboxylic acids is 2. The topological polar surface area (TPSA) is 95.9 Å². The molecule has 7 nitrogen and oxygen atoms in total. The molecular weight excluding hydrogens is 336 g/mol. The number of nitrogens with one attached hydrogen (secondary N) is 1. The molecule has 1 unspecified atom stereocenters. The third-order valence-electron chi connectivity index (χ3n) is 5.28. The number of methoxy groups -OCH3 is 1. The smallest absolute Gasteiger partial charge is 0.311 e. The number of carbonyl (C=O) groups is 3. The van der Waals surface area contributed by atoms with Gasteiger partial charge in [-0.05, 0) is 25.0 Å². The first-order chi connectivity index (χ1) is 12.4. The van der Waals surface area contributed by atoms with Crippen LogP contribution in [0, 0.1) is 11.3 Å². The van der Waals surface area contributed by atoms with Crippen molar-refractivity contribution in [1.29, 1.82) is 0 Å². The summed E-state index contributed by atoms with van der Waals surface area (Å²) in [5, 5.41) is 12.2. The number of benzene rings is 1. The van der Waals surface area contributed by atoms with Gasteiger partial charge in [-0.3, -0.25) is 14.4 Å². The van der Waals surface area contributed by atoms with E-state index in [4.69, 9.17) is 4.74 Å². The van der Waals surface area contributed by atoms with Gasteiger partial charge >= 0.3 is 5.97 Å². The van der Waals surface area contributed by atoms with Crippen LogP contribution in [0.4, 0.5) is 5.69 Å². The molecule has 1 heterocycles. The van der Waals surface area contributed by atoms with E-state index in [0.29, 0.717) is 24.3 Å². The average Bonchev–Trinajstić information content (AvgIpc) is 3.04. The summed E-state index contributed by atoms with van der Waals surface area (Å²) in [5.41, 5.74) is -0.335. The summed E-state index contributed by atoms with van der Waals surface area (Å²) < 4.78 is 5.29. The molecule has 7 heteroatoms. The van der Waals surface area contributed by atoms with Crippen LogP contribution in [0.3, 0.4) is 0 Å². The first kappa shape index (κ1) is 19.8. The minimum absolute atomic E-state index is 0.0630. The van der Waals surface area contributed by atoms with E-state index >= 15 is 0 Å². The number of rotatable bonds is 8. The van der Waals surface area contributed by atoms with Crippen molar-refractivity contribution in [2.24, 2.45) is 11.3 Å². The average molecular weight is 362 g/mol. The molecule has 2 rings (SSSR count). The molecule has 0 radical (unpaired) electrons. The van der Waals surface area contributed by atoms with Crippen LogP contribution in [0.15, 0.2) is 24.3 Å². The fourth-order valence-corrected chi connectivity index (χ4v) is 3.25. The first-order valence-corrected chi connectivity index (χ1v) is 8.83. The summed E-state index contributed by atoms with van der Waals surface area (Å²) in [5.74, 6) is -1.29. The Bertz CT molecular complexity index is 684. The Hall–Kier alpha value is -2.57. The maximum absolute atomic E-state index is 12.5. The first-order valence-electron chi connectivity index (χ1n) is 8.83. The Morgan fingerprint density at radius 3 is 2.54 bits per heavy atom. The molecule has 0 aliphatic carbocycles. The van der Waals surface area contributed by atoms with Gasteiger partial charge in [0.1, 0.15) is 5.75 Å². The lowest BCUT2D eigenvalue weighted by atomic mass is 9.82. The Morgan fingerprint density at radius 1 is 1.31 bits per heavy atom. The number of carboxylic acids is 1. The molecule has 1 fully saturated rings. The lowest BCUT2D eigenvalue weighted by molar-refractivity contribution is -0.149. The number of nitrogens with zero attached hydrogens (tertiary/aromatic N) is 1. The number of ether oxygens (including phenoxy) is 1. The Morgan fingerprint density at radius 2 is 1.96 bits per heavy atom. The quantitative estimate of drug-likeness (QED) is 0.738. The van der Waals surface area contributed by atoms with Crippen molar-refractivity contribution in [1.82, 2.24) is 5.32 Å². The zero-order chi connectivity index (χ0) is 19.3. The molecule has 1 aromatic carbocycles. The molecule has 142 valence electrons. The highest BCUT2D eigenvalue weighted by atomic mass is 16.5. The molecule has 2 amide bonds. The summed E-state index contributed by atoms with van der Waals surface area (Å²) in [7, 11) is 1.53. The van der Waals surface area contributed by atoms with Crippen molar-refractivity contribution in [3.05, 3.63) is 24.3 Å². The van der Waals surface area contributed by atoms with Crippen LogP contribution in [-0.2, 0) is 14.4 Å². The highest BCUT2D eigenvalue weighted by Gasteiger charge is 2.39. The van der Waals surface area contributed by atoms with Crippen molar-refractivity contribution in [2.45, 2.75) is 33.1 Å². The zero-order valence-electron chi connectivity index (χ0n) is 15.4. The molecule has 26 heavy (non-hydrogen) atoms. The summed E-state index contributed by atoms with van der Waals surface area (Å²) in [6, 6.07) is 7.16. The number of aliphatic carboxylic acids is 1. The second kappa shape index (κ2) is 8.21. The fraction of sp³-hybridized carbons (Fsp3) is 0.526. The lowest BCUT2D eigenvalue weighted by Gasteiger charge is -2.27. The van der Waals surface area contributed by atoms with Crippen LogP contribution in [-0.4, -0.2) is 43.1 Å². The minimum atomic E-state index is -0.972. The van der Waals surface area contributed by atoms with Gasteiger partial charge in [0.25, 0.3) is 0 Å². The summed E-state index contributed by atoms with van der Waals surface area (Å²) in [4.78, 5) is 38.0. The maximum atomic E-state index is 12.5. The van der Waals surface area contributed by atoms with Gasteiger partial charge in [-0.1, -0.05) is 26.0 Å². The third kappa shape index (κ3) is 3.81. The SMILES string of the molecule is CCC(CC)(CNC(=O)C1CC(=O)N(c2ccccc2OC)C1)C(=O)O. The number of amides is 2. The minimum Gasteiger partial charge on any atom is -0.495 e. The summed E-state index contributed by atoms with van der Waals surface area (Å²) >= 11 is 0. The van der Waals surface area contributed by atoms with Crippen LogP contribution >= 0.6 is 0 Å². The number of para-hydroxylation sites is 2. The van der Waals surface area contributed by atoms with Crippen LogP contribution in [0.2, 0.25) is 0 Å². The van der Waals surface area contributed by atoms with Gasteiger partial charge in [0.15, 0.2) is 0 Å². The van der Waals surface area contributed by atoms with Crippen LogP contribution in [0.1, 0.15) is 33.1 Å². The van der Waals surface area contributed by atoms with Crippen molar-refractivity contribution >= 4 is 23.5 Å². The predicted molar refractivity (Wildman–Crippen MR) is 97.1 cm³/mol. The molecule has 0 saturated carbocycles. The second-order valence-corrected chi connectivity index (χ2v) is 6.59. The molecule has 1 aliphatic heterocycles. The van der Waals surface area contributed by atoms with Crippen LogP contribution in [0.5, 0.6) is 5.75 Å². The Labute approximate surface area is 153 Å². The zero-order valence-corrected chi connectivity index (χ0v) is 15.4. The fourth-order valence-electron chi connectivity index (χ4n) is 3.25. The largest absolute Gasteiger partial charge is 0.495 e. The summed E-state index contributed by atoms with van der Waals surface area (Å²) in [6.07, 6.45) is 0.953. The van der Waals surface area contributed by atoms with Gasteiger partial charge in [-0.15, -0.1) is 0 Å². The number of anilines is 1. The predicted octanol–water partition coefficient (Wildman–Crippen LogP) is 2.06. The molecule has 1 saturated heterocycles. The van der Waals surface area contributed by atoms with E-state index < -0.39 is 17.3 Å². The van der Waals surface area contributed by atoms with Gasteiger partial charge in [0.05, 0.1) is 24.1 Å². The Balaban J connectivity index is 2.06. The van der Waals surface area contributed by atoms with E-state index in [1.807, 2.05) is 12.1 Å². The lowest BCUT2D eigenvalue weighted by Crippen LogP contribution is -2.44. The van der Waals surface area contributed by atoms with Crippen molar-refractivity contribution in [2.75, 3.05) is 25.1 Å². The molecule has 0 spiro atoms. The van der Waals surface area contributed by atoms with Gasteiger partial charge in [0, 0.05) is 19.5 Å². The van der Waals surface area contributed by atoms with E-state index in [9.17, 15) is 19.5 Å². The van der Waals surface area contributed by atoms with Crippen LogP contribution in [0.25, 0.3) is 0 Å². The molecule has 1 atom stereocenters. The Kier molecular flexibility index (Phi) is 6.23. The van der Waals surface area contributed by atoms with E-state index in [1.54, 1.807) is 30.9 Å². The van der Waals surface area contributed by atoms with Gasteiger partial charge in [0.2, 0.25) is 11.8 Å². The number of hydrogen-bond donors (Lipinski definition) is 2. The number of hydrogen-bond acceptors (Lipinski definition) is 4. The highest BCUT2D eigenvalue weighted by molar-refractivity contribution is 6.01. The van der Waals surface area contributed by atoms with E-state index in [2.05, 4.69) is 5.32 Å². The van der Waals surface area contributed by atoms with Gasteiger partial charge < -0.3 is 20.1 Å². The standard InChI is InChI=1S/C19H26N2O5/c1-4-19(5-2,18(24)25)12-20-17(23)13-10-16(22)21(11-13)14-8-6-7-9-15(14)26-3/h6-9,13H,4-5,10-12H2,1-3H3,(H,20,23)(H,24,25). The monoisotopic (exact) mass is 362 g/mol. The van der Waals surface area contributed by atoms with Gasteiger partial charge in [-0.25, -0.2) is 0 Å². The van der Waals surface area contributed by atoms with E-state index in [-0.39, 0.29) is 31.3 Å². The van der Waals surface area contributed by atoms with Crippen molar-refractivity contribution in [3.8, 4) is 5.75 Å². The summed E-state index contributed by atoms with van der Waals surface area (Å²) in [6.45, 7) is 3.91. The van der Waals surface area contributed by atoms with E-state index in [0.717, 1.165) is 0 Å². The maximum Gasteiger partial charge on any atom is 0.311 e. The third-order valence-corrected chi connectivity index (χ3v) is 5.28. The van der Waals surface area contributed by atoms with E-state index in [1.165, 1.54) is 7.11 Å². The molecule has 0 bridgehead atoms. The number of carboxylic acid groups (broad SMARTS) is 1.